The number of hydrogen-bond donors (Lipinski definition) is 0. The van der Waals surface area contributed by atoms with E-state index in [2.05, 4.69) is 13.2 Å². The lowest BCUT2D eigenvalue weighted by Crippen LogP contribution is -1.97. The summed E-state index contributed by atoms with van der Waals surface area (Å²) in [5, 5.41) is 0. The first-order valence-electron chi connectivity index (χ1n) is 5.34. The number of carbonyl (C=O) groups is 1. The van der Waals surface area contributed by atoms with E-state index in [1.165, 1.54) is 0 Å². The first-order valence-corrected chi connectivity index (χ1v) is 5.34. The molecule has 0 aliphatic rings. The lowest BCUT2D eigenvalue weighted by Gasteiger charge is -2.00. The van der Waals surface area contributed by atoms with Crippen molar-refractivity contribution in [3.05, 3.63) is 60.3 Å². The van der Waals surface area contributed by atoms with Gasteiger partial charge in [-0.05, 0) is 38.8 Å². The number of carbonyl (C=O) groups excluding carboxylic acids is 1. The average Bonchev–Trinajstić information content (AvgIpc) is 2.24. The Labute approximate surface area is 98.6 Å². The minimum atomic E-state index is 0.0143. The monoisotopic (exact) mass is 216 g/mol. The number of allylic oxidation sites excluding steroid dienone is 8. The summed E-state index contributed by atoms with van der Waals surface area (Å²) in [7, 11) is 0. The van der Waals surface area contributed by atoms with Crippen molar-refractivity contribution in [3.8, 4) is 0 Å². The van der Waals surface area contributed by atoms with Gasteiger partial charge in [0.2, 0.25) is 0 Å². The topological polar surface area (TPSA) is 17.1 Å². The molecule has 0 saturated carbocycles. The number of hydrogen-bond acceptors (Lipinski definition) is 1. The molecule has 0 aliphatic heterocycles. The zero-order valence-corrected chi connectivity index (χ0v) is 10.4. The third kappa shape index (κ3) is 5.30. The molecular weight excluding hydrogens is 196 g/mol. The highest BCUT2D eigenvalue weighted by Crippen LogP contribution is 2.09. The summed E-state index contributed by atoms with van der Waals surface area (Å²) in [6.45, 7) is 13.1. The Balaban J connectivity index is 4.98. The van der Waals surface area contributed by atoms with Crippen LogP contribution in [0.15, 0.2) is 60.3 Å². The molecule has 0 aromatic heterocycles. The molecule has 1 heteroatoms. The number of rotatable bonds is 6. The van der Waals surface area contributed by atoms with Crippen LogP contribution in [0.5, 0.6) is 0 Å². The molecule has 0 N–H and O–H groups in total. The maximum absolute atomic E-state index is 11.9. The van der Waals surface area contributed by atoms with E-state index in [4.69, 9.17) is 0 Å². The molecule has 0 rings (SSSR count). The van der Waals surface area contributed by atoms with Crippen LogP contribution in [0.3, 0.4) is 0 Å². The van der Waals surface area contributed by atoms with E-state index in [1.807, 2.05) is 32.9 Å². The lowest BCUT2D eigenvalue weighted by atomic mass is 10.0. The van der Waals surface area contributed by atoms with Crippen LogP contribution in [-0.2, 0) is 4.79 Å². The summed E-state index contributed by atoms with van der Waals surface area (Å²) >= 11 is 0. The molecule has 0 saturated heterocycles. The number of ketones is 1. The molecule has 0 fully saturated rings. The van der Waals surface area contributed by atoms with Crippen molar-refractivity contribution >= 4 is 5.78 Å². The van der Waals surface area contributed by atoms with Crippen molar-refractivity contribution in [1.82, 2.24) is 0 Å². The SMILES string of the molecule is C=CC/C(C=C)=C/C(=O)/C(C=C(C)C)=C/C. The normalized spacial score (nSPS) is 11.9. The maximum atomic E-state index is 11.9. The predicted octanol–water partition coefficient (Wildman–Crippen LogP) is 4.16. The zero-order chi connectivity index (χ0) is 12.6. The first kappa shape index (κ1) is 14.4. The third-order valence-electron chi connectivity index (χ3n) is 2.00. The summed E-state index contributed by atoms with van der Waals surface area (Å²) in [5.41, 5.74) is 2.71. The van der Waals surface area contributed by atoms with Crippen LogP contribution in [0.25, 0.3) is 0 Å². The second-order valence-corrected chi connectivity index (χ2v) is 3.75. The summed E-state index contributed by atoms with van der Waals surface area (Å²) in [6.07, 6.45) is 9.44. The van der Waals surface area contributed by atoms with E-state index < -0.39 is 0 Å². The maximum Gasteiger partial charge on any atom is 0.185 e. The fourth-order valence-electron chi connectivity index (χ4n) is 1.23. The Morgan fingerprint density at radius 3 is 2.19 bits per heavy atom. The average molecular weight is 216 g/mol. The Morgan fingerprint density at radius 1 is 1.19 bits per heavy atom. The fourth-order valence-corrected chi connectivity index (χ4v) is 1.23. The predicted molar refractivity (Wildman–Crippen MR) is 71.3 cm³/mol. The van der Waals surface area contributed by atoms with Gasteiger partial charge in [0.15, 0.2) is 5.78 Å². The summed E-state index contributed by atoms with van der Waals surface area (Å²) in [5.74, 6) is 0.0143. The van der Waals surface area contributed by atoms with Gasteiger partial charge in [-0.15, -0.1) is 6.58 Å². The van der Waals surface area contributed by atoms with Gasteiger partial charge in [0.1, 0.15) is 0 Å². The molecular formula is C15H20O. The van der Waals surface area contributed by atoms with Gasteiger partial charge in [0.05, 0.1) is 0 Å². The van der Waals surface area contributed by atoms with Crippen LogP contribution < -0.4 is 0 Å². The van der Waals surface area contributed by atoms with Crippen LogP contribution in [-0.4, -0.2) is 5.78 Å². The Kier molecular flexibility index (Phi) is 6.86. The highest BCUT2D eigenvalue weighted by Gasteiger charge is 2.03. The van der Waals surface area contributed by atoms with E-state index in [1.54, 1.807) is 18.2 Å². The summed E-state index contributed by atoms with van der Waals surface area (Å²) in [4.78, 5) is 11.9. The molecule has 0 aromatic carbocycles. The van der Waals surface area contributed by atoms with Gasteiger partial charge in [-0.25, -0.2) is 0 Å². The molecule has 0 aromatic rings. The molecule has 0 heterocycles. The van der Waals surface area contributed by atoms with E-state index in [9.17, 15) is 4.79 Å². The van der Waals surface area contributed by atoms with Gasteiger partial charge in [-0.2, -0.15) is 0 Å². The van der Waals surface area contributed by atoms with Gasteiger partial charge in [0, 0.05) is 5.57 Å². The Hall–Kier alpha value is -1.63. The highest BCUT2D eigenvalue weighted by atomic mass is 16.1. The minimum Gasteiger partial charge on any atom is -0.289 e. The third-order valence-corrected chi connectivity index (χ3v) is 2.00. The van der Waals surface area contributed by atoms with Crippen molar-refractivity contribution in [2.24, 2.45) is 0 Å². The van der Waals surface area contributed by atoms with Crippen LogP contribution in [0.4, 0.5) is 0 Å². The van der Waals surface area contributed by atoms with Gasteiger partial charge in [-0.3, -0.25) is 4.79 Å². The molecule has 0 aliphatic carbocycles. The van der Waals surface area contributed by atoms with Crippen molar-refractivity contribution < 1.29 is 4.79 Å². The Bertz CT molecular complexity index is 361. The van der Waals surface area contributed by atoms with Crippen LogP contribution in [0.1, 0.15) is 27.2 Å². The molecule has 0 unspecified atom stereocenters. The standard InChI is InChI=1S/C15H20O/c1-6-9-13(7-2)11-15(16)14(8-3)10-12(4)5/h6-8,10-11H,1-2,9H2,3-5H3/b13-11+,14-8+. The Morgan fingerprint density at radius 2 is 1.81 bits per heavy atom. The van der Waals surface area contributed by atoms with E-state index in [0.717, 1.165) is 11.1 Å². The lowest BCUT2D eigenvalue weighted by molar-refractivity contribution is -0.111. The summed E-state index contributed by atoms with van der Waals surface area (Å²) < 4.78 is 0. The summed E-state index contributed by atoms with van der Waals surface area (Å²) in [6, 6.07) is 0. The van der Waals surface area contributed by atoms with Crippen molar-refractivity contribution in [3.63, 3.8) is 0 Å². The van der Waals surface area contributed by atoms with Crippen molar-refractivity contribution in [2.75, 3.05) is 0 Å². The van der Waals surface area contributed by atoms with Crippen molar-refractivity contribution in [2.45, 2.75) is 27.2 Å². The molecule has 16 heavy (non-hydrogen) atoms. The van der Waals surface area contributed by atoms with Gasteiger partial charge >= 0.3 is 0 Å². The van der Waals surface area contributed by atoms with E-state index in [-0.39, 0.29) is 5.78 Å². The zero-order valence-electron chi connectivity index (χ0n) is 10.4. The molecule has 86 valence electrons. The molecule has 0 radical (unpaired) electrons. The van der Waals surface area contributed by atoms with Crippen LogP contribution in [0.2, 0.25) is 0 Å². The van der Waals surface area contributed by atoms with Crippen molar-refractivity contribution in [1.29, 1.82) is 0 Å². The van der Waals surface area contributed by atoms with Gasteiger partial charge in [0.25, 0.3) is 0 Å². The van der Waals surface area contributed by atoms with E-state index in [0.29, 0.717) is 12.0 Å². The van der Waals surface area contributed by atoms with Crippen LogP contribution in [0, 0.1) is 0 Å². The molecule has 0 bridgehead atoms. The minimum absolute atomic E-state index is 0.0143. The quantitative estimate of drug-likeness (QED) is 0.370. The fraction of sp³-hybridized carbons (Fsp3) is 0.267. The second kappa shape index (κ2) is 7.63. The second-order valence-electron chi connectivity index (χ2n) is 3.75. The molecule has 0 atom stereocenters. The van der Waals surface area contributed by atoms with E-state index >= 15 is 0 Å². The smallest absolute Gasteiger partial charge is 0.185 e. The molecule has 0 spiro atoms. The van der Waals surface area contributed by atoms with Gasteiger partial charge < -0.3 is 0 Å². The molecule has 1 nitrogen and oxygen atoms in total. The first-order chi connectivity index (χ1) is 7.54. The van der Waals surface area contributed by atoms with Gasteiger partial charge in [-0.1, -0.05) is 36.5 Å². The largest absolute Gasteiger partial charge is 0.289 e. The molecule has 0 amide bonds. The highest BCUT2D eigenvalue weighted by molar-refractivity contribution is 6.06. The van der Waals surface area contributed by atoms with Crippen LogP contribution >= 0.6 is 0 Å².